The van der Waals surface area contributed by atoms with Crippen molar-refractivity contribution in [3.8, 4) is 0 Å². The summed E-state index contributed by atoms with van der Waals surface area (Å²) < 4.78 is 1.02. The fraction of sp³-hybridized carbons (Fsp3) is 0.235. The number of nitrogens with one attached hydrogen (secondary N) is 1. The van der Waals surface area contributed by atoms with Gasteiger partial charge in [0.1, 0.15) is 0 Å². The number of rotatable bonds is 5. The SMILES string of the molecule is Cc1ccccc1SCC(=O)N[C@H](C)c1ccccc1Br. The number of hydrogen-bond acceptors (Lipinski definition) is 2. The molecule has 1 N–H and O–H groups in total. The molecule has 2 rings (SSSR count). The maximum atomic E-state index is 12.1. The second-order valence-corrected chi connectivity index (χ2v) is 6.74. The molecule has 0 aliphatic rings. The molecule has 21 heavy (non-hydrogen) atoms. The minimum Gasteiger partial charge on any atom is -0.349 e. The van der Waals surface area contributed by atoms with Gasteiger partial charge < -0.3 is 5.32 Å². The zero-order chi connectivity index (χ0) is 15.2. The number of amides is 1. The van der Waals surface area contributed by atoms with Gasteiger partial charge in [0.15, 0.2) is 0 Å². The van der Waals surface area contributed by atoms with Gasteiger partial charge in [-0.25, -0.2) is 0 Å². The van der Waals surface area contributed by atoms with Crippen molar-refractivity contribution in [2.45, 2.75) is 24.8 Å². The highest BCUT2D eigenvalue weighted by Crippen LogP contribution is 2.24. The first-order valence-corrected chi connectivity index (χ1v) is 8.58. The predicted molar refractivity (Wildman–Crippen MR) is 92.6 cm³/mol. The summed E-state index contributed by atoms with van der Waals surface area (Å²) in [6.07, 6.45) is 0. The van der Waals surface area contributed by atoms with Gasteiger partial charge >= 0.3 is 0 Å². The maximum Gasteiger partial charge on any atom is 0.230 e. The second-order valence-electron chi connectivity index (χ2n) is 4.86. The van der Waals surface area contributed by atoms with Gasteiger partial charge in [0, 0.05) is 9.37 Å². The average molecular weight is 364 g/mol. The molecule has 4 heteroatoms. The van der Waals surface area contributed by atoms with Crippen molar-refractivity contribution in [2.75, 3.05) is 5.75 Å². The first kappa shape index (κ1) is 16.1. The van der Waals surface area contributed by atoms with Crippen LogP contribution in [0.4, 0.5) is 0 Å². The third-order valence-corrected chi connectivity index (χ3v) is 5.10. The molecule has 0 bridgehead atoms. The van der Waals surface area contributed by atoms with Crippen molar-refractivity contribution in [2.24, 2.45) is 0 Å². The van der Waals surface area contributed by atoms with Gasteiger partial charge in [-0.1, -0.05) is 52.3 Å². The Morgan fingerprint density at radius 3 is 2.57 bits per heavy atom. The van der Waals surface area contributed by atoms with Crippen molar-refractivity contribution in [1.82, 2.24) is 5.32 Å². The quantitative estimate of drug-likeness (QED) is 0.778. The van der Waals surface area contributed by atoms with E-state index in [1.807, 2.05) is 49.4 Å². The van der Waals surface area contributed by atoms with Crippen LogP contribution in [0.5, 0.6) is 0 Å². The molecule has 0 aliphatic heterocycles. The Labute approximate surface area is 138 Å². The molecule has 110 valence electrons. The monoisotopic (exact) mass is 363 g/mol. The molecule has 0 unspecified atom stereocenters. The van der Waals surface area contributed by atoms with E-state index in [1.165, 1.54) is 5.56 Å². The topological polar surface area (TPSA) is 29.1 Å². The number of carbonyl (C=O) groups is 1. The summed E-state index contributed by atoms with van der Waals surface area (Å²) in [6.45, 7) is 4.06. The number of carbonyl (C=O) groups excluding carboxylic acids is 1. The van der Waals surface area contributed by atoms with Crippen molar-refractivity contribution < 1.29 is 4.79 Å². The van der Waals surface area contributed by atoms with E-state index < -0.39 is 0 Å². The Morgan fingerprint density at radius 2 is 1.86 bits per heavy atom. The van der Waals surface area contributed by atoms with E-state index in [0.29, 0.717) is 5.75 Å². The first-order chi connectivity index (χ1) is 10.1. The predicted octanol–water partition coefficient (Wildman–Crippen LogP) is 4.73. The molecule has 0 saturated heterocycles. The van der Waals surface area contributed by atoms with E-state index in [9.17, 15) is 4.79 Å². The molecular formula is C17H18BrNOS. The molecule has 0 spiro atoms. The fourth-order valence-corrected chi connectivity index (χ4v) is 3.52. The summed E-state index contributed by atoms with van der Waals surface area (Å²) in [4.78, 5) is 13.2. The van der Waals surface area contributed by atoms with Crippen molar-refractivity contribution in [1.29, 1.82) is 0 Å². The van der Waals surface area contributed by atoms with E-state index >= 15 is 0 Å². The van der Waals surface area contributed by atoms with Crippen LogP contribution in [0.1, 0.15) is 24.1 Å². The zero-order valence-electron chi connectivity index (χ0n) is 12.1. The largest absolute Gasteiger partial charge is 0.349 e. The highest BCUT2D eigenvalue weighted by atomic mass is 79.9. The van der Waals surface area contributed by atoms with Crippen molar-refractivity contribution in [3.63, 3.8) is 0 Å². The number of benzene rings is 2. The van der Waals surface area contributed by atoms with Crippen LogP contribution in [0.2, 0.25) is 0 Å². The van der Waals surface area contributed by atoms with Crippen LogP contribution in [0.25, 0.3) is 0 Å². The Morgan fingerprint density at radius 1 is 1.19 bits per heavy atom. The number of halogens is 1. The lowest BCUT2D eigenvalue weighted by atomic mass is 10.1. The summed E-state index contributed by atoms with van der Waals surface area (Å²) in [7, 11) is 0. The summed E-state index contributed by atoms with van der Waals surface area (Å²) in [5, 5.41) is 3.04. The summed E-state index contributed by atoms with van der Waals surface area (Å²) in [6, 6.07) is 16.1. The second kappa shape index (κ2) is 7.66. The Bertz CT molecular complexity index is 630. The van der Waals surface area contributed by atoms with Gasteiger partial charge in [0.05, 0.1) is 11.8 Å². The number of hydrogen-bond donors (Lipinski definition) is 1. The van der Waals surface area contributed by atoms with E-state index in [1.54, 1.807) is 11.8 Å². The van der Waals surface area contributed by atoms with Crippen LogP contribution >= 0.6 is 27.7 Å². The smallest absolute Gasteiger partial charge is 0.230 e. The van der Waals surface area contributed by atoms with E-state index in [4.69, 9.17) is 0 Å². The third kappa shape index (κ3) is 4.61. The van der Waals surface area contributed by atoms with Crippen LogP contribution in [-0.4, -0.2) is 11.7 Å². The molecule has 0 saturated carbocycles. The van der Waals surface area contributed by atoms with Crippen molar-refractivity contribution in [3.05, 3.63) is 64.1 Å². The Hall–Kier alpha value is -1.26. The van der Waals surface area contributed by atoms with Gasteiger partial charge in [0.2, 0.25) is 5.91 Å². The molecular weight excluding hydrogens is 346 g/mol. The maximum absolute atomic E-state index is 12.1. The highest BCUT2D eigenvalue weighted by Gasteiger charge is 2.12. The molecule has 2 aromatic rings. The zero-order valence-corrected chi connectivity index (χ0v) is 14.5. The van der Waals surface area contributed by atoms with Gasteiger partial charge in [-0.15, -0.1) is 11.8 Å². The molecule has 0 fully saturated rings. The van der Waals surface area contributed by atoms with Crippen LogP contribution in [-0.2, 0) is 4.79 Å². The molecule has 1 amide bonds. The molecule has 2 aromatic carbocycles. The molecule has 0 aromatic heterocycles. The molecule has 2 nitrogen and oxygen atoms in total. The lowest BCUT2D eigenvalue weighted by Gasteiger charge is -2.16. The van der Waals surface area contributed by atoms with E-state index in [2.05, 4.69) is 34.2 Å². The van der Waals surface area contributed by atoms with Crippen LogP contribution < -0.4 is 5.32 Å². The van der Waals surface area contributed by atoms with Crippen LogP contribution in [0.3, 0.4) is 0 Å². The van der Waals surface area contributed by atoms with Gasteiger partial charge in [0.25, 0.3) is 0 Å². The lowest BCUT2D eigenvalue weighted by Crippen LogP contribution is -2.28. The minimum absolute atomic E-state index is 0.00875. The highest BCUT2D eigenvalue weighted by molar-refractivity contribution is 9.10. The van der Waals surface area contributed by atoms with Gasteiger partial charge in [-0.3, -0.25) is 4.79 Å². The third-order valence-electron chi connectivity index (χ3n) is 3.20. The molecule has 1 atom stereocenters. The van der Waals surface area contributed by atoms with Gasteiger partial charge in [-0.2, -0.15) is 0 Å². The van der Waals surface area contributed by atoms with Crippen LogP contribution in [0, 0.1) is 6.92 Å². The fourth-order valence-electron chi connectivity index (χ4n) is 2.05. The summed E-state index contributed by atoms with van der Waals surface area (Å²) in [5.41, 5.74) is 2.29. The summed E-state index contributed by atoms with van der Waals surface area (Å²) >= 11 is 5.09. The molecule has 0 aliphatic carbocycles. The van der Waals surface area contributed by atoms with E-state index in [-0.39, 0.29) is 11.9 Å². The number of aryl methyl sites for hydroxylation is 1. The average Bonchev–Trinajstić information content (AvgIpc) is 2.46. The number of thioether (sulfide) groups is 1. The van der Waals surface area contributed by atoms with Gasteiger partial charge in [-0.05, 0) is 37.1 Å². The Kier molecular flexibility index (Phi) is 5.88. The first-order valence-electron chi connectivity index (χ1n) is 6.80. The molecule has 0 radical (unpaired) electrons. The molecule has 0 heterocycles. The lowest BCUT2D eigenvalue weighted by molar-refractivity contribution is -0.119. The normalized spacial score (nSPS) is 12.0. The minimum atomic E-state index is -0.00875. The standard InChI is InChI=1S/C17H18BrNOS/c1-12-7-3-6-10-16(12)21-11-17(20)19-13(2)14-8-4-5-9-15(14)18/h3-10,13H,11H2,1-2H3,(H,19,20)/t13-/m1/s1. The van der Waals surface area contributed by atoms with Crippen molar-refractivity contribution >= 4 is 33.6 Å². The van der Waals surface area contributed by atoms with E-state index in [0.717, 1.165) is 14.9 Å². The summed E-state index contributed by atoms with van der Waals surface area (Å²) in [5.74, 6) is 0.478. The van der Waals surface area contributed by atoms with Crippen LogP contribution in [0.15, 0.2) is 57.9 Å². The Balaban J connectivity index is 1.90.